The fraction of sp³-hybridized carbons (Fsp3) is 0.647. The zero-order valence-corrected chi connectivity index (χ0v) is 11.8. The van der Waals surface area contributed by atoms with Gasteiger partial charge in [-0.3, -0.25) is 11.3 Å². The number of hydrazine groups is 1. The maximum absolute atomic E-state index is 13.5. The van der Waals surface area contributed by atoms with E-state index in [0.29, 0.717) is 5.92 Å². The molecule has 20 heavy (non-hydrogen) atoms. The maximum Gasteiger partial charge on any atom is 0.123 e. The van der Waals surface area contributed by atoms with Crippen molar-refractivity contribution in [1.82, 2.24) is 5.43 Å². The normalized spacial score (nSPS) is 40.0. The third-order valence-corrected chi connectivity index (χ3v) is 6.07. The predicted octanol–water partition coefficient (Wildman–Crippen LogP) is 3.40. The molecule has 0 spiro atoms. The molecule has 3 heteroatoms. The lowest BCUT2D eigenvalue weighted by atomic mass is 9.50. The van der Waals surface area contributed by atoms with Gasteiger partial charge in [-0.25, -0.2) is 4.39 Å². The molecule has 4 aliphatic carbocycles. The predicted molar refractivity (Wildman–Crippen MR) is 77.0 cm³/mol. The van der Waals surface area contributed by atoms with Gasteiger partial charge >= 0.3 is 0 Å². The van der Waals surface area contributed by atoms with Crippen LogP contribution in [-0.2, 0) is 0 Å². The van der Waals surface area contributed by atoms with E-state index in [-0.39, 0.29) is 11.9 Å². The molecule has 3 N–H and O–H groups in total. The van der Waals surface area contributed by atoms with Crippen molar-refractivity contribution in [2.45, 2.75) is 38.1 Å². The lowest BCUT2D eigenvalue weighted by Gasteiger charge is -2.56. The highest BCUT2D eigenvalue weighted by molar-refractivity contribution is 5.22. The molecule has 1 aromatic carbocycles. The number of hydrogen-bond donors (Lipinski definition) is 2. The molecule has 108 valence electrons. The van der Waals surface area contributed by atoms with E-state index in [9.17, 15) is 4.39 Å². The number of halogens is 1. The van der Waals surface area contributed by atoms with Crippen LogP contribution in [0, 0.1) is 35.4 Å². The Balaban J connectivity index is 1.65. The standard InChI is InChI=1S/C17H23FN2/c18-15-3-1-2-12(9-15)17(20-19)16-13-5-10-4-11(7-13)8-14(16)6-10/h1-3,9-11,13-14,16-17,20H,4-8,19H2. The van der Waals surface area contributed by atoms with E-state index in [4.69, 9.17) is 5.84 Å². The van der Waals surface area contributed by atoms with Gasteiger partial charge in [0.15, 0.2) is 0 Å². The van der Waals surface area contributed by atoms with Crippen LogP contribution in [-0.4, -0.2) is 0 Å². The van der Waals surface area contributed by atoms with E-state index in [1.54, 1.807) is 12.1 Å². The van der Waals surface area contributed by atoms with Crippen molar-refractivity contribution in [3.8, 4) is 0 Å². The van der Waals surface area contributed by atoms with Crippen LogP contribution in [0.15, 0.2) is 24.3 Å². The summed E-state index contributed by atoms with van der Waals surface area (Å²) in [4.78, 5) is 0. The quantitative estimate of drug-likeness (QED) is 0.655. The van der Waals surface area contributed by atoms with Gasteiger partial charge in [-0.05, 0) is 79.4 Å². The van der Waals surface area contributed by atoms with Crippen LogP contribution in [0.5, 0.6) is 0 Å². The second-order valence-electron chi connectivity index (χ2n) is 7.21. The molecule has 1 atom stereocenters. The first-order chi connectivity index (χ1) is 9.74. The molecule has 1 aromatic rings. The Labute approximate surface area is 119 Å². The highest BCUT2D eigenvalue weighted by Gasteiger charge is 2.50. The summed E-state index contributed by atoms with van der Waals surface area (Å²) in [5, 5.41) is 0. The summed E-state index contributed by atoms with van der Waals surface area (Å²) in [6, 6.07) is 7.08. The smallest absolute Gasteiger partial charge is 0.123 e. The molecule has 0 aliphatic heterocycles. The van der Waals surface area contributed by atoms with Crippen LogP contribution in [0.1, 0.15) is 43.7 Å². The molecular formula is C17H23FN2. The Morgan fingerprint density at radius 2 is 1.70 bits per heavy atom. The van der Waals surface area contributed by atoms with E-state index >= 15 is 0 Å². The summed E-state index contributed by atoms with van der Waals surface area (Å²) in [6.07, 6.45) is 6.92. The zero-order valence-electron chi connectivity index (χ0n) is 11.8. The molecule has 1 unspecified atom stereocenters. The summed E-state index contributed by atoms with van der Waals surface area (Å²) in [5.74, 6) is 9.79. The minimum atomic E-state index is -0.161. The van der Waals surface area contributed by atoms with Crippen LogP contribution in [0.25, 0.3) is 0 Å². The van der Waals surface area contributed by atoms with Crippen molar-refractivity contribution in [2.24, 2.45) is 35.4 Å². The SMILES string of the molecule is NNC(c1cccc(F)c1)C1C2CC3CC(C2)CC1C3. The first kappa shape index (κ1) is 12.8. The molecule has 4 bridgehead atoms. The minimum absolute atomic E-state index is 0.112. The summed E-state index contributed by atoms with van der Waals surface area (Å²) in [5.41, 5.74) is 4.03. The minimum Gasteiger partial charge on any atom is -0.271 e. The Morgan fingerprint density at radius 1 is 1.05 bits per heavy atom. The largest absolute Gasteiger partial charge is 0.271 e. The van der Waals surface area contributed by atoms with E-state index in [1.807, 2.05) is 6.07 Å². The monoisotopic (exact) mass is 274 g/mol. The Bertz CT molecular complexity index is 474. The van der Waals surface area contributed by atoms with Gasteiger partial charge in [0, 0.05) is 6.04 Å². The van der Waals surface area contributed by atoms with Gasteiger partial charge in [0.1, 0.15) is 5.82 Å². The first-order valence-electron chi connectivity index (χ1n) is 7.96. The highest BCUT2D eigenvalue weighted by Crippen LogP contribution is 2.59. The highest BCUT2D eigenvalue weighted by atomic mass is 19.1. The second-order valence-corrected chi connectivity index (χ2v) is 7.21. The fourth-order valence-electron chi connectivity index (χ4n) is 5.64. The van der Waals surface area contributed by atoms with Gasteiger partial charge in [0.2, 0.25) is 0 Å². The van der Waals surface area contributed by atoms with Crippen LogP contribution < -0.4 is 11.3 Å². The van der Waals surface area contributed by atoms with Crippen molar-refractivity contribution in [3.63, 3.8) is 0 Å². The molecule has 4 saturated carbocycles. The van der Waals surface area contributed by atoms with Crippen LogP contribution in [0.3, 0.4) is 0 Å². The molecule has 0 heterocycles. The van der Waals surface area contributed by atoms with E-state index in [1.165, 1.54) is 38.2 Å². The molecule has 0 radical (unpaired) electrons. The van der Waals surface area contributed by atoms with Crippen molar-refractivity contribution >= 4 is 0 Å². The topological polar surface area (TPSA) is 38.0 Å². The Kier molecular flexibility index (Phi) is 3.08. The van der Waals surface area contributed by atoms with Gasteiger partial charge in [0.05, 0.1) is 0 Å². The molecular weight excluding hydrogens is 251 g/mol. The van der Waals surface area contributed by atoms with Crippen molar-refractivity contribution in [1.29, 1.82) is 0 Å². The van der Waals surface area contributed by atoms with Crippen molar-refractivity contribution < 1.29 is 4.39 Å². The number of rotatable bonds is 3. The van der Waals surface area contributed by atoms with Gasteiger partial charge in [-0.1, -0.05) is 12.1 Å². The second kappa shape index (κ2) is 4.81. The van der Waals surface area contributed by atoms with Crippen molar-refractivity contribution in [2.75, 3.05) is 0 Å². The number of hydrogen-bond acceptors (Lipinski definition) is 2. The summed E-state index contributed by atoms with van der Waals surface area (Å²) in [6.45, 7) is 0. The van der Waals surface area contributed by atoms with Crippen LogP contribution in [0.4, 0.5) is 4.39 Å². The molecule has 0 amide bonds. The maximum atomic E-state index is 13.5. The number of nitrogens with one attached hydrogen (secondary N) is 1. The van der Waals surface area contributed by atoms with Gasteiger partial charge in [0.25, 0.3) is 0 Å². The third kappa shape index (κ3) is 1.99. The fourth-order valence-corrected chi connectivity index (χ4v) is 5.64. The molecule has 2 nitrogen and oxygen atoms in total. The van der Waals surface area contributed by atoms with Crippen LogP contribution >= 0.6 is 0 Å². The summed E-state index contributed by atoms with van der Waals surface area (Å²) < 4.78 is 13.5. The molecule has 5 rings (SSSR count). The lowest BCUT2D eigenvalue weighted by Crippen LogP contribution is -2.50. The van der Waals surface area contributed by atoms with E-state index in [2.05, 4.69) is 5.43 Å². The summed E-state index contributed by atoms with van der Waals surface area (Å²) >= 11 is 0. The molecule has 4 aliphatic rings. The van der Waals surface area contributed by atoms with Crippen LogP contribution in [0.2, 0.25) is 0 Å². The first-order valence-corrected chi connectivity index (χ1v) is 7.96. The average molecular weight is 274 g/mol. The van der Waals surface area contributed by atoms with E-state index < -0.39 is 0 Å². The number of benzene rings is 1. The Hall–Kier alpha value is -0.930. The molecule has 4 fully saturated rings. The van der Waals surface area contributed by atoms with Gasteiger partial charge in [-0.2, -0.15) is 0 Å². The molecule has 0 aromatic heterocycles. The average Bonchev–Trinajstić information content (AvgIpc) is 2.42. The van der Waals surface area contributed by atoms with Crippen molar-refractivity contribution in [3.05, 3.63) is 35.6 Å². The molecule has 0 saturated heterocycles. The zero-order chi connectivity index (χ0) is 13.7. The summed E-state index contributed by atoms with van der Waals surface area (Å²) in [7, 11) is 0. The van der Waals surface area contributed by atoms with E-state index in [0.717, 1.165) is 29.2 Å². The van der Waals surface area contributed by atoms with Gasteiger partial charge in [-0.15, -0.1) is 0 Å². The lowest BCUT2D eigenvalue weighted by molar-refractivity contribution is -0.0526. The van der Waals surface area contributed by atoms with Gasteiger partial charge < -0.3 is 0 Å². The number of nitrogens with two attached hydrogens (primary N) is 1. The third-order valence-electron chi connectivity index (χ3n) is 6.07. The Morgan fingerprint density at radius 3 is 2.25 bits per heavy atom.